The van der Waals surface area contributed by atoms with Crippen molar-refractivity contribution in [2.75, 3.05) is 0 Å². The molecular formula is C22H18N5O2S+. The third kappa shape index (κ3) is 4.73. The van der Waals surface area contributed by atoms with Crippen LogP contribution >= 0.6 is 11.3 Å². The molecule has 0 aliphatic rings. The lowest BCUT2D eigenvalue weighted by Gasteiger charge is -2.03. The Balaban J connectivity index is 1.54. The Kier molecular flexibility index (Phi) is 5.86. The zero-order valence-corrected chi connectivity index (χ0v) is 16.7. The first-order chi connectivity index (χ1) is 14.7. The highest BCUT2D eigenvalue weighted by molar-refractivity contribution is 7.11. The van der Waals surface area contributed by atoms with E-state index < -0.39 is 0 Å². The lowest BCUT2D eigenvalue weighted by atomic mass is 10.1. The summed E-state index contributed by atoms with van der Waals surface area (Å²) in [7, 11) is 0. The number of benzene rings is 1. The monoisotopic (exact) mass is 416 g/mol. The zero-order chi connectivity index (χ0) is 20.8. The summed E-state index contributed by atoms with van der Waals surface area (Å²) in [5, 5.41) is 4.00. The number of aromatic amines is 1. The van der Waals surface area contributed by atoms with E-state index in [0.717, 1.165) is 23.3 Å². The fraction of sp³-hybridized carbons (Fsp3) is 0.0455. The predicted molar refractivity (Wildman–Crippen MR) is 115 cm³/mol. The minimum absolute atomic E-state index is 0.201. The second kappa shape index (κ2) is 9.06. The molecule has 3 aromatic heterocycles. The first-order valence-corrected chi connectivity index (χ1v) is 10.0. The van der Waals surface area contributed by atoms with Crippen LogP contribution in [0.5, 0.6) is 0 Å². The fourth-order valence-corrected chi connectivity index (χ4v) is 3.63. The second-order valence-electron chi connectivity index (χ2n) is 6.44. The molecule has 30 heavy (non-hydrogen) atoms. The number of carbonyl (C=O) groups is 1. The second-order valence-corrected chi connectivity index (χ2v) is 7.46. The molecule has 4 aromatic rings. The van der Waals surface area contributed by atoms with Crippen molar-refractivity contribution in [1.82, 2.24) is 15.4 Å². The van der Waals surface area contributed by atoms with E-state index in [0.29, 0.717) is 16.3 Å². The Hall–Kier alpha value is -3.91. The average Bonchev–Trinajstić information content (AvgIpc) is 3.15. The number of rotatable bonds is 6. The summed E-state index contributed by atoms with van der Waals surface area (Å²) in [5.74, 6) is 0.248. The maximum absolute atomic E-state index is 12.1. The topological polar surface area (TPSA) is 91.1 Å². The van der Waals surface area contributed by atoms with Gasteiger partial charge in [0.05, 0.1) is 18.6 Å². The van der Waals surface area contributed by atoms with Crippen molar-refractivity contribution in [3.63, 3.8) is 0 Å². The number of amides is 1. The van der Waals surface area contributed by atoms with Crippen LogP contribution in [0.1, 0.15) is 26.4 Å². The van der Waals surface area contributed by atoms with E-state index in [1.807, 2.05) is 47.3 Å². The zero-order valence-electron chi connectivity index (χ0n) is 15.9. The van der Waals surface area contributed by atoms with Crippen molar-refractivity contribution in [2.45, 2.75) is 6.42 Å². The number of aromatic nitrogens is 3. The number of hydrogen-bond acceptors (Lipinski definition) is 5. The van der Waals surface area contributed by atoms with Crippen LogP contribution in [-0.4, -0.2) is 22.1 Å². The van der Waals surface area contributed by atoms with Crippen LogP contribution < -0.4 is 14.9 Å². The molecule has 0 bridgehead atoms. The van der Waals surface area contributed by atoms with Gasteiger partial charge >= 0.3 is 10.7 Å². The standard InChI is InChI=1S/C22H17N5O2S/c28-21(18-8-10-23-11-9-18)26-24-14-19-20(25-22(29)30-19)27-12-4-7-17(15-27)13-16-5-2-1-3-6-16/h1-12,14-15H,13H2,(H-,23,24,25,26,28,29)/p+1. The summed E-state index contributed by atoms with van der Waals surface area (Å²) in [5.41, 5.74) is 5.22. The van der Waals surface area contributed by atoms with E-state index in [1.165, 1.54) is 24.2 Å². The van der Waals surface area contributed by atoms with Crippen LogP contribution in [0, 0.1) is 0 Å². The molecule has 4 rings (SSSR count). The summed E-state index contributed by atoms with van der Waals surface area (Å²) >= 11 is 1.02. The SMILES string of the molecule is O=C(N/N=C/c1sc(=O)[nH]c1-[n+]1cccc(Cc2ccccc2)c1)c1ccncc1. The van der Waals surface area contributed by atoms with Crippen LogP contribution in [0.15, 0.2) is 89.3 Å². The minimum atomic E-state index is -0.351. The van der Waals surface area contributed by atoms with Crippen molar-refractivity contribution < 1.29 is 9.36 Å². The van der Waals surface area contributed by atoms with Gasteiger partial charge in [-0.3, -0.25) is 9.78 Å². The number of hydrogen-bond donors (Lipinski definition) is 2. The molecular weight excluding hydrogens is 398 g/mol. The van der Waals surface area contributed by atoms with Gasteiger partial charge in [0.15, 0.2) is 0 Å². The summed E-state index contributed by atoms with van der Waals surface area (Å²) in [6.45, 7) is 0. The quantitative estimate of drug-likeness (QED) is 0.287. The Labute approximate surface area is 176 Å². The number of H-pyrrole nitrogens is 1. The van der Waals surface area contributed by atoms with Crippen LogP contribution in [0.3, 0.4) is 0 Å². The van der Waals surface area contributed by atoms with Crippen molar-refractivity contribution in [2.24, 2.45) is 5.10 Å². The van der Waals surface area contributed by atoms with Gasteiger partial charge in [-0.05, 0) is 40.7 Å². The summed E-state index contributed by atoms with van der Waals surface area (Å²) in [6, 6.07) is 17.3. The fourth-order valence-electron chi connectivity index (χ4n) is 2.93. The lowest BCUT2D eigenvalue weighted by Crippen LogP contribution is -2.32. The van der Waals surface area contributed by atoms with Crippen molar-refractivity contribution in [3.05, 3.63) is 111 Å². The molecule has 7 nitrogen and oxygen atoms in total. The van der Waals surface area contributed by atoms with E-state index in [4.69, 9.17) is 0 Å². The smallest absolute Gasteiger partial charge is 0.267 e. The normalized spacial score (nSPS) is 10.9. The molecule has 0 saturated carbocycles. The summed E-state index contributed by atoms with van der Waals surface area (Å²) in [6.07, 6.45) is 9.15. The third-order valence-corrected chi connectivity index (χ3v) is 5.12. The van der Waals surface area contributed by atoms with Crippen LogP contribution in [0.2, 0.25) is 0 Å². The number of thiazole rings is 1. The van der Waals surface area contributed by atoms with Gasteiger partial charge in [0.1, 0.15) is 4.88 Å². The molecule has 0 saturated heterocycles. The highest BCUT2D eigenvalue weighted by Gasteiger charge is 2.17. The van der Waals surface area contributed by atoms with Gasteiger partial charge in [0, 0.05) is 24.4 Å². The number of pyridine rings is 2. The van der Waals surface area contributed by atoms with Crippen LogP contribution in [0.4, 0.5) is 0 Å². The van der Waals surface area contributed by atoms with Gasteiger partial charge in [0.2, 0.25) is 0 Å². The number of carbonyl (C=O) groups excluding carboxylic acids is 1. The van der Waals surface area contributed by atoms with E-state index >= 15 is 0 Å². The van der Waals surface area contributed by atoms with Crippen molar-refractivity contribution in [3.8, 4) is 5.82 Å². The number of nitrogens with zero attached hydrogens (tertiary/aromatic N) is 3. The molecule has 0 unspecified atom stereocenters. The van der Waals surface area contributed by atoms with Gasteiger partial charge in [-0.2, -0.15) is 10.1 Å². The molecule has 0 aliphatic heterocycles. The summed E-state index contributed by atoms with van der Waals surface area (Å²) in [4.78, 5) is 31.2. The lowest BCUT2D eigenvalue weighted by molar-refractivity contribution is -0.599. The molecule has 0 radical (unpaired) electrons. The number of hydrazone groups is 1. The average molecular weight is 416 g/mol. The van der Waals surface area contributed by atoms with E-state index in [9.17, 15) is 9.59 Å². The molecule has 0 spiro atoms. The van der Waals surface area contributed by atoms with Gasteiger partial charge in [-0.15, -0.1) is 0 Å². The Morgan fingerprint density at radius 1 is 1.10 bits per heavy atom. The highest BCUT2D eigenvalue weighted by Crippen LogP contribution is 2.10. The molecule has 1 amide bonds. The first-order valence-electron chi connectivity index (χ1n) is 9.20. The van der Waals surface area contributed by atoms with Gasteiger partial charge in [-0.1, -0.05) is 36.4 Å². The molecule has 0 atom stereocenters. The molecule has 8 heteroatoms. The van der Waals surface area contributed by atoms with Gasteiger partial charge < -0.3 is 0 Å². The maximum atomic E-state index is 12.1. The third-order valence-electron chi connectivity index (χ3n) is 4.32. The Morgan fingerprint density at radius 3 is 2.67 bits per heavy atom. The van der Waals surface area contributed by atoms with Crippen LogP contribution in [0.25, 0.3) is 5.82 Å². The van der Waals surface area contributed by atoms with Crippen molar-refractivity contribution in [1.29, 1.82) is 0 Å². The Morgan fingerprint density at radius 2 is 1.87 bits per heavy atom. The predicted octanol–water partition coefficient (Wildman–Crippen LogP) is 2.46. The van der Waals surface area contributed by atoms with Gasteiger partial charge in [0.25, 0.3) is 5.91 Å². The molecule has 1 aromatic carbocycles. The first kappa shape index (κ1) is 19.4. The van der Waals surface area contributed by atoms with Gasteiger partial charge in [-0.25, -0.2) is 14.8 Å². The van der Waals surface area contributed by atoms with E-state index in [2.05, 4.69) is 32.6 Å². The van der Waals surface area contributed by atoms with Crippen LogP contribution in [-0.2, 0) is 6.42 Å². The van der Waals surface area contributed by atoms with Crippen molar-refractivity contribution >= 4 is 23.5 Å². The Bertz CT molecular complexity index is 1230. The summed E-state index contributed by atoms with van der Waals surface area (Å²) < 4.78 is 1.85. The molecule has 3 heterocycles. The molecule has 148 valence electrons. The van der Waals surface area contributed by atoms with E-state index in [-0.39, 0.29) is 10.8 Å². The highest BCUT2D eigenvalue weighted by atomic mass is 32.1. The number of nitrogens with one attached hydrogen (secondary N) is 2. The largest absolute Gasteiger partial charge is 0.390 e. The minimum Gasteiger partial charge on any atom is -0.267 e. The molecule has 0 aliphatic carbocycles. The molecule has 0 fully saturated rings. The maximum Gasteiger partial charge on any atom is 0.390 e. The molecule has 2 N–H and O–H groups in total. The van der Waals surface area contributed by atoms with E-state index in [1.54, 1.807) is 12.1 Å².